The fourth-order valence-electron chi connectivity index (χ4n) is 4.44. The lowest BCUT2D eigenvalue weighted by Crippen LogP contribution is -2.41. The van der Waals surface area contributed by atoms with E-state index in [1.165, 1.54) is 29.2 Å². The highest BCUT2D eigenvalue weighted by molar-refractivity contribution is 6.00. The van der Waals surface area contributed by atoms with Crippen molar-refractivity contribution in [3.63, 3.8) is 0 Å². The van der Waals surface area contributed by atoms with Gasteiger partial charge in [-0.05, 0) is 106 Å². The number of nitrogens with zero attached hydrogens (tertiary/aromatic N) is 1. The van der Waals surface area contributed by atoms with Gasteiger partial charge in [0.15, 0.2) is 11.4 Å². The van der Waals surface area contributed by atoms with Crippen LogP contribution in [0.3, 0.4) is 0 Å². The monoisotopic (exact) mass is 519 g/mol. The zero-order chi connectivity index (χ0) is 28.0. The third-order valence-corrected chi connectivity index (χ3v) is 6.80. The Labute approximate surface area is 232 Å². The molecule has 0 aromatic heterocycles. The maximum atomic E-state index is 12.1. The van der Waals surface area contributed by atoms with Crippen LogP contribution >= 0.6 is 0 Å². The first kappa shape index (κ1) is 27.9. The largest absolute Gasteiger partial charge is 0.490 e. The number of carbonyl (C=O) groups excluding carboxylic acids is 1. The Morgan fingerprint density at radius 1 is 0.744 bits per heavy atom. The molecule has 0 heterocycles. The number of aryl methyl sites for hydroxylation is 4. The SMILES string of the molecule is C=C(C)C(=O)C(C)(O)COc1ccc(CCc2ccc(N(c3ccc(C)cc3)c3ccc(C)cc3)cc2)cc1. The molecule has 0 amide bonds. The van der Waals surface area contributed by atoms with Crippen LogP contribution in [0.2, 0.25) is 0 Å². The van der Waals surface area contributed by atoms with Gasteiger partial charge in [-0.3, -0.25) is 4.79 Å². The number of ether oxygens (including phenoxy) is 1. The summed E-state index contributed by atoms with van der Waals surface area (Å²) in [5.74, 6) is 0.205. The third kappa shape index (κ3) is 7.24. The van der Waals surface area contributed by atoms with Gasteiger partial charge in [0.05, 0.1) is 0 Å². The second kappa shape index (κ2) is 12.1. The van der Waals surface area contributed by atoms with E-state index in [0.29, 0.717) is 11.3 Å². The zero-order valence-electron chi connectivity index (χ0n) is 23.3. The first-order valence-corrected chi connectivity index (χ1v) is 13.3. The Kier molecular flexibility index (Phi) is 8.68. The standard InChI is InChI=1S/C35H37NO3/c1-25(2)34(37)35(5,38)24-39-33-22-14-29(15-23-33)11-10-28-12-20-32(21-13-28)36(30-16-6-26(3)7-17-30)31-18-8-27(4)9-19-31/h6-9,12-23,38H,1,10-11,24H2,2-5H3. The van der Waals surface area contributed by atoms with Gasteiger partial charge in [-0.15, -0.1) is 0 Å². The zero-order valence-corrected chi connectivity index (χ0v) is 23.3. The highest BCUT2D eigenvalue weighted by Crippen LogP contribution is 2.35. The summed E-state index contributed by atoms with van der Waals surface area (Å²) in [6.07, 6.45) is 1.81. The van der Waals surface area contributed by atoms with Gasteiger partial charge >= 0.3 is 0 Å². The average molecular weight is 520 g/mol. The van der Waals surface area contributed by atoms with Gasteiger partial charge in [-0.25, -0.2) is 0 Å². The summed E-state index contributed by atoms with van der Waals surface area (Å²) in [4.78, 5) is 14.3. The molecule has 4 nitrogen and oxygen atoms in total. The van der Waals surface area contributed by atoms with Gasteiger partial charge in [0.25, 0.3) is 0 Å². The van der Waals surface area contributed by atoms with Crippen molar-refractivity contribution in [2.24, 2.45) is 0 Å². The van der Waals surface area contributed by atoms with Gasteiger partial charge in [-0.2, -0.15) is 0 Å². The molecule has 0 radical (unpaired) electrons. The van der Waals surface area contributed by atoms with E-state index in [4.69, 9.17) is 4.74 Å². The molecule has 200 valence electrons. The number of anilines is 3. The molecular formula is C35H37NO3. The maximum Gasteiger partial charge on any atom is 0.192 e. The molecule has 1 unspecified atom stereocenters. The van der Waals surface area contributed by atoms with Gasteiger partial charge in [-0.1, -0.05) is 66.2 Å². The minimum Gasteiger partial charge on any atom is -0.490 e. The fraction of sp³-hybridized carbons (Fsp3) is 0.229. The summed E-state index contributed by atoms with van der Waals surface area (Å²) < 4.78 is 5.66. The van der Waals surface area contributed by atoms with Crippen molar-refractivity contribution in [1.29, 1.82) is 0 Å². The fourth-order valence-corrected chi connectivity index (χ4v) is 4.44. The second-order valence-corrected chi connectivity index (χ2v) is 10.5. The first-order valence-electron chi connectivity index (χ1n) is 13.3. The number of aliphatic hydroxyl groups is 1. The third-order valence-electron chi connectivity index (χ3n) is 6.80. The molecule has 4 aromatic rings. The van der Waals surface area contributed by atoms with Crippen molar-refractivity contribution >= 4 is 22.8 Å². The normalized spacial score (nSPS) is 12.4. The van der Waals surface area contributed by atoms with E-state index in [1.807, 2.05) is 24.3 Å². The number of benzene rings is 4. The molecule has 0 saturated carbocycles. The molecule has 0 aliphatic carbocycles. The lowest BCUT2D eigenvalue weighted by atomic mass is 9.97. The summed E-state index contributed by atoms with van der Waals surface area (Å²) in [6, 6.07) is 33.8. The van der Waals surface area contributed by atoms with Crippen LogP contribution in [-0.2, 0) is 17.6 Å². The topological polar surface area (TPSA) is 49.8 Å². The molecule has 4 heteroatoms. The van der Waals surface area contributed by atoms with E-state index >= 15 is 0 Å². The number of ketones is 1. The number of Topliss-reactive ketones (excluding diaryl/α,β-unsaturated/α-hetero) is 1. The molecule has 4 aromatic carbocycles. The lowest BCUT2D eigenvalue weighted by molar-refractivity contribution is -0.134. The van der Waals surface area contributed by atoms with E-state index < -0.39 is 11.4 Å². The van der Waals surface area contributed by atoms with Gasteiger partial charge < -0.3 is 14.7 Å². The Morgan fingerprint density at radius 3 is 1.54 bits per heavy atom. The summed E-state index contributed by atoms with van der Waals surface area (Å²) >= 11 is 0. The predicted octanol–water partition coefficient (Wildman–Crippen LogP) is 7.83. The van der Waals surface area contributed by atoms with Crippen molar-refractivity contribution in [1.82, 2.24) is 0 Å². The molecule has 1 N–H and O–H groups in total. The Bertz CT molecular complexity index is 1360. The van der Waals surface area contributed by atoms with Gasteiger partial charge in [0.2, 0.25) is 0 Å². The lowest BCUT2D eigenvalue weighted by Gasteiger charge is -2.26. The van der Waals surface area contributed by atoms with E-state index in [1.54, 1.807) is 6.92 Å². The van der Waals surface area contributed by atoms with Crippen molar-refractivity contribution in [3.8, 4) is 5.75 Å². The Hall–Kier alpha value is -4.15. The average Bonchev–Trinajstić information content (AvgIpc) is 2.94. The van der Waals surface area contributed by atoms with Crippen LogP contribution in [0.1, 0.15) is 36.1 Å². The molecule has 0 aliphatic heterocycles. The number of hydrogen-bond donors (Lipinski definition) is 1. The van der Waals surface area contributed by atoms with Crippen molar-refractivity contribution in [3.05, 3.63) is 131 Å². The van der Waals surface area contributed by atoms with Gasteiger partial charge in [0.1, 0.15) is 12.4 Å². The van der Waals surface area contributed by atoms with Crippen LogP contribution < -0.4 is 9.64 Å². The maximum absolute atomic E-state index is 12.1. The van der Waals surface area contributed by atoms with E-state index in [2.05, 4.69) is 98.1 Å². The number of rotatable bonds is 11. The van der Waals surface area contributed by atoms with E-state index in [9.17, 15) is 9.90 Å². The first-order chi connectivity index (χ1) is 18.6. The van der Waals surface area contributed by atoms with Gasteiger partial charge in [0, 0.05) is 17.1 Å². The molecule has 1 atom stereocenters. The molecule has 0 bridgehead atoms. The summed E-state index contributed by atoms with van der Waals surface area (Å²) in [7, 11) is 0. The summed E-state index contributed by atoms with van der Waals surface area (Å²) in [6.45, 7) is 10.7. The molecule has 0 fully saturated rings. The van der Waals surface area contributed by atoms with Crippen LogP contribution in [0.5, 0.6) is 5.75 Å². The Balaban J connectivity index is 1.40. The highest BCUT2D eigenvalue weighted by atomic mass is 16.5. The van der Waals surface area contributed by atoms with Crippen LogP contribution in [0, 0.1) is 13.8 Å². The van der Waals surface area contributed by atoms with Crippen LogP contribution in [0.4, 0.5) is 17.1 Å². The quantitative estimate of drug-likeness (QED) is 0.205. The highest BCUT2D eigenvalue weighted by Gasteiger charge is 2.31. The molecule has 39 heavy (non-hydrogen) atoms. The summed E-state index contributed by atoms with van der Waals surface area (Å²) in [5, 5.41) is 10.3. The molecular weight excluding hydrogens is 482 g/mol. The van der Waals surface area contributed by atoms with Crippen molar-refractivity contribution < 1.29 is 14.6 Å². The van der Waals surface area contributed by atoms with Crippen molar-refractivity contribution in [2.45, 2.75) is 46.1 Å². The summed E-state index contributed by atoms with van der Waals surface area (Å²) in [5.41, 5.74) is 7.03. The smallest absolute Gasteiger partial charge is 0.192 e. The van der Waals surface area contributed by atoms with Crippen LogP contribution in [-0.4, -0.2) is 23.1 Å². The van der Waals surface area contributed by atoms with Crippen LogP contribution in [0.25, 0.3) is 0 Å². The minimum atomic E-state index is -1.59. The number of carbonyl (C=O) groups is 1. The predicted molar refractivity (Wildman–Crippen MR) is 160 cm³/mol. The molecule has 0 saturated heterocycles. The molecule has 4 rings (SSSR count). The second-order valence-electron chi connectivity index (χ2n) is 10.5. The molecule has 0 aliphatic rings. The van der Waals surface area contributed by atoms with E-state index in [0.717, 1.165) is 29.9 Å². The van der Waals surface area contributed by atoms with E-state index in [-0.39, 0.29) is 6.61 Å². The molecule has 0 spiro atoms. The number of hydrogen-bond acceptors (Lipinski definition) is 4. The van der Waals surface area contributed by atoms with Crippen molar-refractivity contribution in [2.75, 3.05) is 11.5 Å². The minimum absolute atomic E-state index is 0.118. The Morgan fingerprint density at radius 2 is 1.13 bits per heavy atom. The van der Waals surface area contributed by atoms with Crippen LogP contribution in [0.15, 0.2) is 109 Å².